The summed E-state index contributed by atoms with van der Waals surface area (Å²) in [6.45, 7) is 0. The van der Waals surface area contributed by atoms with E-state index in [9.17, 15) is 4.39 Å². The predicted octanol–water partition coefficient (Wildman–Crippen LogP) is 3.15. The first-order valence-electron chi connectivity index (χ1n) is 6.28. The summed E-state index contributed by atoms with van der Waals surface area (Å²) in [4.78, 5) is 0.605. The third kappa shape index (κ3) is 2.13. The van der Waals surface area contributed by atoms with Crippen LogP contribution in [-0.4, -0.2) is 29.6 Å². The van der Waals surface area contributed by atoms with E-state index in [0.717, 1.165) is 15.0 Å². The lowest BCUT2D eigenvalue weighted by atomic mass is 10.2. The summed E-state index contributed by atoms with van der Waals surface area (Å²) < 4.78 is 18.1. The lowest BCUT2D eigenvalue weighted by molar-refractivity contribution is 0.629. The summed E-state index contributed by atoms with van der Waals surface area (Å²) >= 11 is 4.72. The van der Waals surface area contributed by atoms with Gasteiger partial charge in [-0.2, -0.15) is 14.7 Å². The molecule has 0 aliphatic carbocycles. The fraction of sp³-hybridized carbons (Fsp3) is 0.0769. The zero-order chi connectivity index (χ0) is 15.3. The van der Waals surface area contributed by atoms with E-state index in [2.05, 4.69) is 36.3 Å². The standard InChI is InChI=1S/C13H8BrFN6S/c1-20-6-7(5-16-20)12-19-21-11(17-18-13(21)22-12)9-4-8(14)2-3-10(9)15/h2-6H,1H3. The van der Waals surface area contributed by atoms with E-state index in [1.54, 1.807) is 27.5 Å². The molecule has 3 heterocycles. The van der Waals surface area contributed by atoms with Crippen LogP contribution in [0.2, 0.25) is 0 Å². The number of nitrogens with zero attached hydrogens (tertiary/aromatic N) is 6. The van der Waals surface area contributed by atoms with Gasteiger partial charge in [-0.1, -0.05) is 27.3 Å². The number of hydrogen-bond acceptors (Lipinski definition) is 5. The van der Waals surface area contributed by atoms with Gasteiger partial charge in [0.05, 0.1) is 17.3 Å². The SMILES string of the molecule is Cn1cc(-c2nn3c(-c4cc(Br)ccc4F)nnc3s2)cn1. The van der Waals surface area contributed by atoms with Gasteiger partial charge in [-0.05, 0) is 18.2 Å². The molecule has 0 saturated carbocycles. The summed E-state index contributed by atoms with van der Waals surface area (Å²) in [5, 5.41) is 17.5. The van der Waals surface area contributed by atoms with Crippen molar-refractivity contribution in [3.63, 3.8) is 0 Å². The molecule has 4 rings (SSSR count). The van der Waals surface area contributed by atoms with E-state index in [0.29, 0.717) is 16.3 Å². The first-order valence-corrected chi connectivity index (χ1v) is 7.89. The maximum Gasteiger partial charge on any atom is 0.235 e. The highest BCUT2D eigenvalue weighted by molar-refractivity contribution is 9.10. The Morgan fingerprint density at radius 1 is 1.27 bits per heavy atom. The molecule has 0 fully saturated rings. The van der Waals surface area contributed by atoms with Gasteiger partial charge in [0.25, 0.3) is 0 Å². The van der Waals surface area contributed by atoms with Crippen LogP contribution in [-0.2, 0) is 7.05 Å². The average Bonchev–Trinajstić information content (AvgIpc) is 3.16. The Morgan fingerprint density at radius 3 is 2.91 bits per heavy atom. The van der Waals surface area contributed by atoms with Gasteiger partial charge in [0.2, 0.25) is 4.96 Å². The molecule has 22 heavy (non-hydrogen) atoms. The van der Waals surface area contributed by atoms with Crippen LogP contribution in [0.5, 0.6) is 0 Å². The van der Waals surface area contributed by atoms with E-state index in [4.69, 9.17) is 0 Å². The van der Waals surface area contributed by atoms with Crippen molar-refractivity contribution in [2.45, 2.75) is 0 Å². The largest absolute Gasteiger partial charge is 0.275 e. The summed E-state index contributed by atoms with van der Waals surface area (Å²) in [6.07, 6.45) is 3.59. The number of aromatic nitrogens is 6. The molecule has 0 aliphatic heterocycles. The topological polar surface area (TPSA) is 60.9 Å². The Bertz CT molecular complexity index is 988. The van der Waals surface area contributed by atoms with Crippen molar-refractivity contribution in [2.75, 3.05) is 0 Å². The molecule has 0 aliphatic rings. The van der Waals surface area contributed by atoms with Crippen LogP contribution >= 0.6 is 27.3 Å². The fourth-order valence-corrected chi connectivity index (χ4v) is 3.28. The molecule has 0 saturated heterocycles. The summed E-state index contributed by atoms with van der Waals surface area (Å²) in [5.74, 6) is 0.00798. The highest BCUT2D eigenvalue weighted by atomic mass is 79.9. The fourth-order valence-electron chi connectivity index (χ4n) is 2.10. The van der Waals surface area contributed by atoms with Crippen molar-refractivity contribution in [3.8, 4) is 22.0 Å². The molecule has 0 unspecified atom stereocenters. The molecule has 4 aromatic rings. The molecular formula is C13H8BrFN6S. The molecule has 0 amide bonds. The van der Waals surface area contributed by atoms with Crippen LogP contribution in [0.1, 0.15) is 0 Å². The molecule has 3 aromatic heterocycles. The van der Waals surface area contributed by atoms with Gasteiger partial charge >= 0.3 is 0 Å². The van der Waals surface area contributed by atoms with Gasteiger partial charge in [-0.25, -0.2) is 4.39 Å². The minimum Gasteiger partial charge on any atom is -0.275 e. The number of benzene rings is 1. The van der Waals surface area contributed by atoms with Crippen LogP contribution in [0.25, 0.3) is 26.9 Å². The van der Waals surface area contributed by atoms with Gasteiger partial charge in [0.1, 0.15) is 5.82 Å². The Kier molecular flexibility index (Phi) is 3.05. The Balaban J connectivity index is 1.89. The maximum atomic E-state index is 14.1. The van der Waals surface area contributed by atoms with Gasteiger partial charge in [0.15, 0.2) is 10.8 Å². The number of hydrogen-bond donors (Lipinski definition) is 0. The van der Waals surface area contributed by atoms with E-state index < -0.39 is 0 Å². The lowest BCUT2D eigenvalue weighted by Gasteiger charge is -2.00. The quantitative estimate of drug-likeness (QED) is 0.537. The highest BCUT2D eigenvalue weighted by Crippen LogP contribution is 2.29. The first kappa shape index (κ1) is 13.5. The lowest BCUT2D eigenvalue weighted by Crippen LogP contribution is -1.93. The third-order valence-corrected chi connectivity index (χ3v) is 4.55. The van der Waals surface area contributed by atoms with Gasteiger partial charge in [-0.15, -0.1) is 10.2 Å². The van der Waals surface area contributed by atoms with Crippen molar-refractivity contribution in [2.24, 2.45) is 7.05 Å². The second-order valence-electron chi connectivity index (χ2n) is 4.65. The van der Waals surface area contributed by atoms with E-state index in [1.165, 1.54) is 17.4 Å². The van der Waals surface area contributed by atoms with Crippen LogP contribution < -0.4 is 0 Å². The third-order valence-electron chi connectivity index (χ3n) is 3.11. The van der Waals surface area contributed by atoms with Crippen LogP contribution in [0.3, 0.4) is 0 Å². The summed E-state index contributed by atoms with van der Waals surface area (Å²) in [6, 6.07) is 4.68. The van der Waals surface area contributed by atoms with Crippen molar-refractivity contribution < 1.29 is 4.39 Å². The van der Waals surface area contributed by atoms with E-state index >= 15 is 0 Å². The van der Waals surface area contributed by atoms with Crippen molar-refractivity contribution in [3.05, 3.63) is 40.9 Å². The molecule has 0 bridgehead atoms. The van der Waals surface area contributed by atoms with Crippen LogP contribution in [0.15, 0.2) is 35.1 Å². The Labute approximate surface area is 136 Å². The Hall–Kier alpha value is -2.13. The van der Waals surface area contributed by atoms with Crippen molar-refractivity contribution in [1.29, 1.82) is 0 Å². The minimum absolute atomic E-state index is 0.352. The highest BCUT2D eigenvalue weighted by Gasteiger charge is 2.17. The second kappa shape index (κ2) is 4.96. The second-order valence-corrected chi connectivity index (χ2v) is 6.52. The average molecular weight is 379 g/mol. The zero-order valence-corrected chi connectivity index (χ0v) is 13.6. The monoisotopic (exact) mass is 378 g/mol. The van der Waals surface area contributed by atoms with E-state index in [-0.39, 0.29) is 5.82 Å². The molecule has 110 valence electrons. The minimum atomic E-state index is -0.367. The number of halogens is 2. The first-order chi connectivity index (χ1) is 10.6. The van der Waals surface area contributed by atoms with Gasteiger partial charge in [-0.3, -0.25) is 4.68 Å². The van der Waals surface area contributed by atoms with Gasteiger partial charge < -0.3 is 0 Å². The predicted molar refractivity (Wildman–Crippen MR) is 84.0 cm³/mol. The number of aryl methyl sites for hydroxylation is 1. The molecular weight excluding hydrogens is 371 g/mol. The zero-order valence-electron chi connectivity index (χ0n) is 11.2. The van der Waals surface area contributed by atoms with Crippen molar-refractivity contribution >= 4 is 32.2 Å². The molecule has 0 atom stereocenters. The molecule has 6 nitrogen and oxygen atoms in total. The summed E-state index contributed by atoms with van der Waals surface area (Å²) in [7, 11) is 1.84. The van der Waals surface area contributed by atoms with Crippen LogP contribution in [0.4, 0.5) is 4.39 Å². The molecule has 0 spiro atoms. The van der Waals surface area contributed by atoms with Crippen LogP contribution in [0, 0.1) is 5.82 Å². The molecule has 9 heteroatoms. The Morgan fingerprint density at radius 2 is 2.14 bits per heavy atom. The van der Waals surface area contributed by atoms with Crippen molar-refractivity contribution in [1.82, 2.24) is 29.6 Å². The summed E-state index contributed by atoms with van der Waals surface area (Å²) in [5.41, 5.74) is 1.24. The number of rotatable bonds is 2. The molecule has 1 aromatic carbocycles. The van der Waals surface area contributed by atoms with E-state index in [1.807, 2.05) is 13.2 Å². The normalized spacial score (nSPS) is 11.4. The maximum absolute atomic E-state index is 14.1. The molecule has 0 radical (unpaired) electrons. The van der Waals surface area contributed by atoms with Gasteiger partial charge in [0, 0.05) is 17.7 Å². The smallest absolute Gasteiger partial charge is 0.235 e. The number of fused-ring (bicyclic) bond motifs is 1. The molecule has 0 N–H and O–H groups in total.